The molecule has 150 valence electrons. The van der Waals surface area contributed by atoms with Crippen LogP contribution in [0.5, 0.6) is 11.5 Å². The number of hydrogen-bond donors (Lipinski definition) is 2. The Labute approximate surface area is 166 Å². The minimum atomic E-state index is -0.152. The maximum atomic E-state index is 12.3. The first-order chi connectivity index (χ1) is 13.6. The van der Waals surface area contributed by atoms with Gasteiger partial charge in [-0.1, -0.05) is 6.92 Å². The number of rotatable bonds is 7. The van der Waals surface area contributed by atoms with Crippen LogP contribution in [0, 0.1) is 5.92 Å². The highest BCUT2D eigenvalue weighted by Crippen LogP contribution is 2.29. The van der Waals surface area contributed by atoms with E-state index in [-0.39, 0.29) is 12.5 Å². The summed E-state index contributed by atoms with van der Waals surface area (Å²) in [4.78, 5) is 14.7. The van der Waals surface area contributed by atoms with Crippen LogP contribution < -0.4 is 25.0 Å². The van der Waals surface area contributed by atoms with Crippen LogP contribution in [0.2, 0.25) is 0 Å². The highest BCUT2D eigenvalue weighted by molar-refractivity contribution is 5.95. The van der Waals surface area contributed by atoms with Gasteiger partial charge in [-0.3, -0.25) is 4.79 Å². The second-order valence-corrected chi connectivity index (χ2v) is 7.18. The topological polar surface area (TPSA) is 62.8 Å². The second-order valence-electron chi connectivity index (χ2n) is 7.18. The molecule has 0 spiro atoms. The summed E-state index contributed by atoms with van der Waals surface area (Å²) in [7, 11) is 3.16. The maximum absolute atomic E-state index is 12.3. The summed E-state index contributed by atoms with van der Waals surface area (Å²) in [5.74, 6) is 1.92. The van der Waals surface area contributed by atoms with Gasteiger partial charge in [-0.05, 0) is 55.2 Å². The Morgan fingerprint density at radius 3 is 2.43 bits per heavy atom. The molecule has 0 atom stereocenters. The van der Waals surface area contributed by atoms with Gasteiger partial charge in [0.05, 0.1) is 26.5 Å². The largest absolute Gasteiger partial charge is 0.497 e. The van der Waals surface area contributed by atoms with Gasteiger partial charge < -0.3 is 25.0 Å². The van der Waals surface area contributed by atoms with E-state index in [1.165, 1.54) is 18.5 Å². The van der Waals surface area contributed by atoms with Gasteiger partial charge in [0.25, 0.3) is 0 Å². The Morgan fingerprint density at radius 1 is 1.07 bits per heavy atom. The predicted molar refractivity (Wildman–Crippen MR) is 114 cm³/mol. The van der Waals surface area contributed by atoms with Crippen LogP contribution in [0.25, 0.3) is 0 Å². The molecule has 1 aliphatic heterocycles. The third-order valence-corrected chi connectivity index (χ3v) is 5.15. The molecule has 6 heteroatoms. The minimum Gasteiger partial charge on any atom is -0.497 e. The zero-order valence-corrected chi connectivity index (χ0v) is 16.8. The fourth-order valence-corrected chi connectivity index (χ4v) is 3.35. The Hall–Kier alpha value is -2.89. The molecule has 0 unspecified atom stereocenters. The first-order valence-electron chi connectivity index (χ1n) is 9.70. The number of nitrogens with zero attached hydrogens (tertiary/aromatic N) is 1. The monoisotopic (exact) mass is 383 g/mol. The first-order valence-corrected chi connectivity index (χ1v) is 9.70. The van der Waals surface area contributed by atoms with Crippen LogP contribution >= 0.6 is 0 Å². The fourth-order valence-electron chi connectivity index (χ4n) is 3.35. The van der Waals surface area contributed by atoms with E-state index in [0.717, 1.165) is 24.7 Å². The molecule has 0 radical (unpaired) electrons. The van der Waals surface area contributed by atoms with E-state index in [1.807, 2.05) is 12.1 Å². The van der Waals surface area contributed by atoms with Crippen LogP contribution in [0.15, 0.2) is 42.5 Å². The van der Waals surface area contributed by atoms with Crippen molar-refractivity contribution < 1.29 is 14.3 Å². The van der Waals surface area contributed by atoms with Crippen molar-refractivity contribution in [2.45, 2.75) is 19.8 Å². The van der Waals surface area contributed by atoms with Crippen LogP contribution in [-0.4, -0.2) is 39.8 Å². The lowest BCUT2D eigenvalue weighted by atomic mass is 9.99. The summed E-state index contributed by atoms with van der Waals surface area (Å²) in [5, 5.41) is 6.02. The number of hydrogen-bond acceptors (Lipinski definition) is 5. The molecule has 6 nitrogen and oxygen atoms in total. The van der Waals surface area contributed by atoms with E-state index in [4.69, 9.17) is 9.47 Å². The Bertz CT molecular complexity index is 784. The van der Waals surface area contributed by atoms with Crippen LogP contribution in [0.3, 0.4) is 0 Å². The van der Waals surface area contributed by atoms with Gasteiger partial charge in [0.1, 0.15) is 11.5 Å². The average molecular weight is 383 g/mol. The first kappa shape index (κ1) is 19.9. The molecule has 0 saturated carbocycles. The molecule has 0 aromatic heterocycles. The molecule has 3 rings (SSSR count). The van der Waals surface area contributed by atoms with Crippen molar-refractivity contribution in [3.8, 4) is 11.5 Å². The molecule has 1 heterocycles. The van der Waals surface area contributed by atoms with E-state index in [0.29, 0.717) is 17.2 Å². The van der Waals surface area contributed by atoms with Crippen molar-refractivity contribution in [1.82, 2.24) is 0 Å². The van der Waals surface area contributed by atoms with Gasteiger partial charge in [0.2, 0.25) is 5.91 Å². The Morgan fingerprint density at radius 2 is 1.79 bits per heavy atom. The number of nitrogens with one attached hydrogen (secondary N) is 2. The number of benzene rings is 2. The van der Waals surface area contributed by atoms with Crippen molar-refractivity contribution >= 4 is 23.0 Å². The number of carbonyl (C=O) groups excluding carboxylic acids is 1. The fraction of sp³-hybridized carbons (Fsp3) is 0.409. The molecule has 1 aliphatic rings. The Balaban J connectivity index is 1.53. The maximum Gasteiger partial charge on any atom is 0.243 e. The zero-order chi connectivity index (χ0) is 19.9. The number of carbonyl (C=O) groups is 1. The molecule has 1 amide bonds. The molecule has 1 fully saturated rings. The van der Waals surface area contributed by atoms with Gasteiger partial charge >= 0.3 is 0 Å². The molecule has 1 saturated heterocycles. The Kier molecular flexibility index (Phi) is 6.63. The lowest BCUT2D eigenvalue weighted by Crippen LogP contribution is -2.32. The highest BCUT2D eigenvalue weighted by atomic mass is 16.5. The third-order valence-electron chi connectivity index (χ3n) is 5.15. The summed E-state index contributed by atoms with van der Waals surface area (Å²) in [6.45, 7) is 4.70. The minimum absolute atomic E-state index is 0.152. The van der Waals surface area contributed by atoms with Crippen molar-refractivity contribution in [1.29, 1.82) is 0 Å². The van der Waals surface area contributed by atoms with Crippen molar-refractivity contribution in [3.05, 3.63) is 42.5 Å². The van der Waals surface area contributed by atoms with Crippen LogP contribution in [0.4, 0.5) is 17.1 Å². The molecular formula is C22H29N3O3. The number of piperidine rings is 1. The van der Waals surface area contributed by atoms with Crippen molar-refractivity contribution in [2.75, 3.05) is 49.4 Å². The average Bonchev–Trinajstić information content (AvgIpc) is 2.73. The quantitative estimate of drug-likeness (QED) is 0.757. The van der Waals surface area contributed by atoms with Gasteiger partial charge in [-0.2, -0.15) is 0 Å². The summed E-state index contributed by atoms with van der Waals surface area (Å²) in [5.41, 5.74) is 2.74. The van der Waals surface area contributed by atoms with Gasteiger partial charge in [-0.25, -0.2) is 0 Å². The molecule has 28 heavy (non-hydrogen) atoms. The zero-order valence-electron chi connectivity index (χ0n) is 16.8. The summed E-state index contributed by atoms with van der Waals surface area (Å²) >= 11 is 0. The summed E-state index contributed by atoms with van der Waals surface area (Å²) in [6, 6.07) is 13.6. The number of anilines is 3. The van der Waals surface area contributed by atoms with Crippen molar-refractivity contribution in [2.24, 2.45) is 5.92 Å². The second kappa shape index (κ2) is 9.35. The van der Waals surface area contributed by atoms with E-state index in [1.54, 1.807) is 32.4 Å². The van der Waals surface area contributed by atoms with E-state index in [2.05, 4.69) is 34.6 Å². The summed E-state index contributed by atoms with van der Waals surface area (Å²) < 4.78 is 10.5. The van der Waals surface area contributed by atoms with Gasteiger partial charge in [-0.15, -0.1) is 0 Å². The van der Waals surface area contributed by atoms with Crippen molar-refractivity contribution in [3.63, 3.8) is 0 Å². The van der Waals surface area contributed by atoms with E-state index in [9.17, 15) is 4.79 Å². The summed E-state index contributed by atoms with van der Waals surface area (Å²) in [6.07, 6.45) is 2.49. The molecule has 2 aromatic rings. The molecule has 2 N–H and O–H groups in total. The number of methoxy groups -OCH3 is 2. The number of ether oxygens (including phenoxy) is 2. The lowest BCUT2D eigenvalue weighted by molar-refractivity contribution is -0.114. The molecule has 2 aromatic carbocycles. The third kappa shape index (κ3) is 5.09. The molecular weight excluding hydrogens is 354 g/mol. The van der Waals surface area contributed by atoms with Crippen LogP contribution in [0.1, 0.15) is 19.8 Å². The molecule has 0 aliphatic carbocycles. The highest BCUT2D eigenvalue weighted by Gasteiger charge is 2.16. The van der Waals surface area contributed by atoms with Gasteiger partial charge in [0, 0.05) is 30.5 Å². The van der Waals surface area contributed by atoms with E-state index >= 15 is 0 Å². The van der Waals surface area contributed by atoms with E-state index < -0.39 is 0 Å². The van der Waals surface area contributed by atoms with Crippen LogP contribution in [-0.2, 0) is 4.79 Å². The normalized spacial score (nSPS) is 14.5. The van der Waals surface area contributed by atoms with Gasteiger partial charge in [0.15, 0.2) is 0 Å². The SMILES string of the molecule is COc1ccc(OC)c(NC(=O)CNc2ccc(N3CCC(C)CC3)cc2)c1. The predicted octanol–water partition coefficient (Wildman–Crippen LogP) is 3.99. The molecule has 0 bridgehead atoms. The lowest BCUT2D eigenvalue weighted by Gasteiger charge is -2.32. The smallest absolute Gasteiger partial charge is 0.243 e. The standard InChI is InChI=1S/C22H29N3O3/c1-16-10-12-25(13-11-16)18-6-4-17(5-7-18)23-15-22(26)24-20-14-19(27-2)8-9-21(20)28-3/h4-9,14,16,23H,10-13,15H2,1-3H3,(H,24,26). The number of amides is 1.